The summed E-state index contributed by atoms with van der Waals surface area (Å²) in [5.41, 5.74) is 1.25. The molecule has 0 amide bonds. The SMILES string of the molecule is O=[N+]([O-])c1cccc(-c2nc(Oc3ccccc3)c3ccccc3n2)c1. The monoisotopic (exact) mass is 343 g/mol. The molecule has 0 spiro atoms. The van der Waals surface area contributed by atoms with Crippen molar-refractivity contribution in [2.45, 2.75) is 0 Å². The Balaban J connectivity index is 1.86. The minimum atomic E-state index is -0.439. The lowest BCUT2D eigenvalue weighted by Crippen LogP contribution is -1.96. The second-order valence-corrected chi connectivity index (χ2v) is 5.59. The third-order valence-electron chi connectivity index (χ3n) is 3.84. The maximum atomic E-state index is 11.0. The van der Waals surface area contributed by atoms with Crippen LogP contribution in [0.1, 0.15) is 0 Å². The van der Waals surface area contributed by atoms with E-state index in [1.165, 1.54) is 12.1 Å². The molecule has 6 nitrogen and oxygen atoms in total. The number of non-ortho nitro benzene ring substituents is 1. The lowest BCUT2D eigenvalue weighted by molar-refractivity contribution is -0.384. The number of nitro groups is 1. The van der Waals surface area contributed by atoms with Gasteiger partial charge < -0.3 is 4.74 Å². The van der Waals surface area contributed by atoms with E-state index in [1.807, 2.05) is 54.6 Å². The van der Waals surface area contributed by atoms with Gasteiger partial charge in [0.2, 0.25) is 5.88 Å². The topological polar surface area (TPSA) is 78.2 Å². The van der Waals surface area contributed by atoms with Gasteiger partial charge in [-0.2, -0.15) is 4.98 Å². The number of rotatable bonds is 4. The normalized spacial score (nSPS) is 10.6. The van der Waals surface area contributed by atoms with Crippen LogP contribution in [-0.2, 0) is 0 Å². The standard InChI is InChI=1S/C20H13N3O3/c24-23(25)15-8-6-7-14(13-15)19-21-18-12-5-4-11-17(18)20(22-19)26-16-9-2-1-3-10-16/h1-13H. The largest absolute Gasteiger partial charge is 0.438 e. The molecule has 3 aromatic carbocycles. The highest BCUT2D eigenvalue weighted by Gasteiger charge is 2.13. The molecule has 0 unspecified atom stereocenters. The third kappa shape index (κ3) is 3.08. The zero-order valence-electron chi connectivity index (χ0n) is 13.6. The Bertz CT molecular complexity index is 1100. The molecule has 1 aromatic heterocycles. The summed E-state index contributed by atoms with van der Waals surface area (Å²) in [5, 5.41) is 11.8. The van der Waals surface area contributed by atoms with Gasteiger partial charge in [-0.05, 0) is 24.3 Å². The lowest BCUT2D eigenvalue weighted by Gasteiger charge is -2.10. The Labute approximate surface area is 148 Å². The van der Waals surface area contributed by atoms with Gasteiger partial charge in [0.05, 0.1) is 15.8 Å². The molecule has 0 saturated heterocycles. The number of fused-ring (bicyclic) bond motifs is 1. The first-order valence-corrected chi connectivity index (χ1v) is 7.95. The summed E-state index contributed by atoms with van der Waals surface area (Å²) in [5.74, 6) is 1.43. The first-order valence-electron chi connectivity index (χ1n) is 7.95. The van der Waals surface area contributed by atoms with Gasteiger partial charge >= 0.3 is 0 Å². The van der Waals surface area contributed by atoms with Gasteiger partial charge in [0.15, 0.2) is 5.82 Å². The summed E-state index contributed by atoms with van der Waals surface area (Å²) in [6.45, 7) is 0. The highest BCUT2D eigenvalue weighted by molar-refractivity contribution is 5.85. The molecule has 0 radical (unpaired) electrons. The van der Waals surface area contributed by atoms with Crippen LogP contribution in [0.25, 0.3) is 22.3 Å². The number of ether oxygens (including phenoxy) is 1. The van der Waals surface area contributed by atoms with E-state index in [4.69, 9.17) is 4.74 Å². The van der Waals surface area contributed by atoms with Crippen LogP contribution in [0.2, 0.25) is 0 Å². The van der Waals surface area contributed by atoms with Crippen LogP contribution in [0, 0.1) is 10.1 Å². The fraction of sp³-hybridized carbons (Fsp3) is 0. The highest BCUT2D eigenvalue weighted by Crippen LogP contribution is 2.30. The molecule has 0 fully saturated rings. The lowest BCUT2D eigenvalue weighted by atomic mass is 10.1. The molecular weight excluding hydrogens is 330 g/mol. The van der Waals surface area contributed by atoms with E-state index in [2.05, 4.69) is 9.97 Å². The summed E-state index contributed by atoms with van der Waals surface area (Å²) < 4.78 is 5.95. The molecular formula is C20H13N3O3. The average Bonchev–Trinajstić information content (AvgIpc) is 2.69. The van der Waals surface area contributed by atoms with E-state index in [0.717, 1.165) is 5.39 Å². The molecule has 0 saturated carbocycles. The van der Waals surface area contributed by atoms with Crippen LogP contribution in [0.3, 0.4) is 0 Å². The zero-order valence-corrected chi connectivity index (χ0v) is 13.6. The quantitative estimate of drug-likeness (QED) is 0.385. The van der Waals surface area contributed by atoms with Gasteiger partial charge in [0.1, 0.15) is 5.75 Å². The van der Waals surface area contributed by atoms with Gasteiger partial charge in [-0.15, -0.1) is 0 Å². The summed E-state index contributed by atoms with van der Waals surface area (Å²) in [7, 11) is 0. The van der Waals surface area contributed by atoms with Gasteiger partial charge in [0.25, 0.3) is 5.69 Å². The average molecular weight is 343 g/mol. The van der Waals surface area contributed by atoms with Crippen molar-refractivity contribution in [3.05, 3.63) is 89.0 Å². The van der Waals surface area contributed by atoms with E-state index >= 15 is 0 Å². The van der Waals surface area contributed by atoms with Crippen LogP contribution in [0.5, 0.6) is 11.6 Å². The predicted octanol–water partition coefficient (Wildman–Crippen LogP) is 5.00. The van der Waals surface area contributed by atoms with Crippen molar-refractivity contribution < 1.29 is 9.66 Å². The fourth-order valence-electron chi connectivity index (χ4n) is 2.61. The van der Waals surface area contributed by atoms with Crippen LogP contribution in [-0.4, -0.2) is 14.9 Å². The minimum absolute atomic E-state index is 0.00946. The second-order valence-electron chi connectivity index (χ2n) is 5.59. The molecule has 0 aliphatic carbocycles. The van der Waals surface area contributed by atoms with Gasteiger partial charge in [-0.3, -0.25) is 10.1 Å². The van der Waals surface area contributed by atoms with Crippen molar-refractivity contribution >= 4 is 16.6 Å². The van der Waals surface area contributed by atoms with Crippen molar-refractivity contribution in [2.24, 2.45) is 0 Å². The Hall–Kier alpha value is -3.80. The Morgan fingerprint density at radius 1 is 0.846 bits per heavy atom. The third-order valence-corrected chi connectivity index (χ3v) is 3.84. The van der Waals surface area contributed by atoms with E-state index in [0.29, 0.717) is 28.5 Å². The maximum absolute atomic E-state index is 11.0. The number of benzene rings is 3. The molecule has 0 aliphatic heterocycles. The smallest absolute Gasteiger partial charge is 0.270 e. The summed E-state index contributed by atoms with van der Waals surface area (Å²) in [6, 6.07) is 23.1. The van der Waals surface area contributed by atoms with Gasteiger partial charge in [-0.25, -0.2) is 4.98 Å². The Kier molecular flexibility index (Phi) is 3.99. The summed E-state index contributed by atoms with van der Waals surface area (Å²) in [6.07, 6.45) is 0. The highest BCUT2D eigenvalue weighted by atomic mass is 16.6. The molecule has 4 rings (SSSR count). The maximum Gasteiger partial charge on any atom is 0.270 e. The van der Waals surface area contributed by atoms with Crippen molar-refractivity contribution in [3.63, 3.8) is 0 Å². The fourth-order valence-corrected chi connectivity index (χ4v) is 2.61. The molecule has 0 bridgehead atoms. The Morgan fingerprint density at radius 2 is 1.62 bits per heavy atom. The second kappa shape index (κ2) is 6.60. The molecule has 0 atom stereocenters. The van der Waals surface area contributed by atoms with Crippen LogP contribution >= 0.6 is 0 Å². The van der Waals surface area contributed by atoms with Crippen molar-refractivity contribution in [1.82, 2.24) is 9.97 Å². The van der Waals surface area contributed by atoms with Crippen molar-refractivity contribution in [3.8, 4) is 23.0 Å². The molecule has 0 N–H and O–H groups in total. The van der Waals surface area contributed by atoms with E-state index in [9.17, 15) is 10.1 Å². The van der Waals surface area contributed by atoms with Crippen LogP contribution < -0.4 is 4.74 Å². The predicted molar refractivity (Wildman–Crippen MR) is 98.1 cm³/mol. The summed E-state index contributed by atoms with van der Waals surface area (Å²) >= 11 is 0. The minimum Gasteiger partial charge on any atom is -0.438 e. The molecule has 6 heteroatoms. The molecule has 4 aromatic rings. The number of aromatic nitrogens is 2. The first kappa shape index (κ1) is 15.7. The van der Waals surface area contributed by atoms with Crippen LogP contribution in [0.15, 0.2) is 78.9 Å². The number of para-hydroxylation sites is 2. The van der Waals surface area contributed by atoms with Crippen molar-refractivity contribution in [1.29, 1.82) is 0 Å². The Morgan fingerprint density at radius 3 is 2.42 bits per heavy atom. The number of hydrogen-bond donors (Lipinski definition) is 0. The number of nitro benzene ring substituents is 1. The van der Waals surface area contributed by atoms with E-state index in [1.54, 1.807) is 12.1 Å². The molecule has 126 valence electrons. The van der Waals surface area contributed by atoms with Gasteiger partial charge in [-0.1, -0.05) is 42.5 Å². The number of hydrogen-bond acceptors (Lipinski definition) is 5. The van der Waals surface area contributed by atoms with Crippen molar-refractivity contribution in [2.75, 3.05) is 0 Å². The molecule has 1 heterocycles. The van der Waals surface area contributed by atoms with E-state index < -0.39 is 4.92 Å². The molecule has 0 aliphatic rings. The number of nitrogens with zero attached hydrogens (tertiary/aromatic N) is 3. The van der Waals surface area contributed by atoms with Crippen LogP contribution in [0.4, 0.5) is 5.69 Å². The zero-order chi connectivity index (χ0) is 17.9. The summed E-state index contributed by atoms with van der Waals surface area (Å²) in [4.78, 5) is 19.7. The first-order chi connectivity index (χ1) is 12.7. The molecule has 26 heavy (non-hydrogen) atoms. The van der Waals surface area contributed by atoms with Gasteiger partial charge in [0, 0.05) is 17.7 Å². The van der Waals surface area contributed by atoms with E-state index in [-0.39, 0.29) is 5.69 Å².